The highest BCUT2D eigenvalue weighted by molar-refractivity contribution is 9.10. The molecule has 0 spiro atoms. The van der Waals surface area contributed by atoms with Crippen LogP contribution in [0.3, 0.4) is 0 Å². The van der Waals surface area contributed by atoms with Crippen molar-refractivity contribution in [3.63, 3.8) is 0 Å². The Hall–Kier alpha value is -0.580. The second kappa shape index (κ2) is 6.73. The largest absolute Gasteiger partial charge is 0.496 e. The lowest BCUT2D eigenvalue weighted by molar-refractivity contribution is 0.165. The summed E-state index contributed by atoms with van der Waals surface area (Å²) in [6, 6.07) is 6.64. The van der Waals surface area contributed by atoms with Gasteiger partial charge in [-0.15, -0.1) is 0 Å². The average molecular weight is 327 g/mol. The first-order valence-electron chi connectivity index (χ1n) is 6.90. The van der Waals surface area contributed by atoms with E-state index in [0.29, 0.717) is 12.0 Å². The van der Waals surface area contributed by atoms with E-state index < -0.39 is 0 Å². The number of hydrogen-bond acceptors (Lipinski definition) is 3. The van der Waals surface area contributed by atoms with E-state index in [4.69, 9.17) is 10.5 Å². The number of benzene rings is 1. The van der Waals surface area contributed by atoms with Gasteiger partial charge in [0.2, 0.25) is 0 Å². The number of hydrogen-bond donors (Lipinski definition) is 1. The van der Waals surface area contributed by atoms with Gasteiger partial charge in [-0.25, -0.2) is 0 Å². The minimum absolute atomic E-state index is 0.331. The molecule has 19 heavy (non-hydrogen) atoms. The number of ether oxygens (including phenoxy) is 1. The van der Waals surface area contributed by atoms with Gasteiger partial charge < -0.3 is 10.5 Å². The monoisotopic (exact) mass is 326 g/mol. The number of nitrogens with zero attached hydrogens (tertiary/aromatic N) is 1. The second-order valence-corrected chi connectivity index (χ2v) is 6.30. The minimum Gasteiger partial charge on any atom is -0.496 e. The van der Waals surface area contributed by atoms with Crippen LogP contribution in [0.1, 0.15) is 25.3 Å². The standard InChI is InChI=1S/C15H23BrN2O/c1-11(17)13-5-7-18(8-6-13)10-12-3-4-15(19-2)14(16)9-12/h3-4,9,11,13H,5-8,10,17H2,1-2H3. The van der Waals surface area contributed by atoms with Gasteiger partial charge in [-0.2, -0.15) is 0 Å². The van der Waals surface area contributed by atoms with Gasteiger partial charge >= 0.3 is 0 Å². The van der Waals surface area contributed by atoms with E-state index >= 15 is 0 Å². The van der Waals surface area contributed by atoms with Crippen LogP contribution in [-0.4, -0.2) is 31.1 Å². The molecule has 0 amide bonds. The first-order chi connectivity index (χ1) is 9.10. The molecule has 0 bridgehead atoms. The van der Waals surface area contributed by atoms with Crippen molar-refractivity contribution in [3.05, 3.63) is 28.2 Å². The fourth-order valence-corrected chi connectivity index (χ4v) is 3.29. The van der Waals surface area contributed by atoms with Crippen LogP contribution >= 0.6 is 15.9 Å². The molecule has 0 radical (unpaired) electrons. The first-order valence-corrected chi connectivity index (χ1v) is 7.70. The maximum Gasteiger partial charge on any atom is 0.133 e. The van der Waals surface area contributed by atoms with Gasteiger partial charge in [0.25, 0.3) is 0 Å². The Morgan fingerprint density at radius 2 is 2.11 bits per heavy atom. The van der Waals surface area contributed by atoms with Crippen LogP contribution in [-0.2, 0) is 6.54 Å². The summed E-state index contributed by atoms with van der Waals surface area (Å²) in [6.45, 7) is 5.43. The molecule has 1 aromatic rings. The molecule has 0 saturated carbocycles. The summed E-state index contributed by atoms with van der Waals surface area (Å²) in [5, 5.41) is 0. The summed E-state index contributed by atoms with van der Waals surface area (Å²) in [7, 11) is 1.69. The average Bonchev–Trinajstić information content (AvgIpc) is 2.39. The van der Waals surface area contributed by atoms with Gasteiger partial charge in [0.15, 0.2) is 0 Å². The summed E-state index contributed by atoms with van der Waals surface area (Å²) in [5.41, 5.74) is 7.30. The van der Waals surface area contributed by atoms with Crippen LogP contribution in [0, 0.1) is 5.92 Å². The van der Waals surface area contributed by atoms with E-state index in [1.807, 2.05) is 6.07 Å². The van der Waals surface area contributed by atoms with Crippen LogP contribution in [0.5, 0.6) is 5.75 Å². The molecule has 0 aromatic heterocycles. The molecule has 1 fully saturated rings. The topological polar surface area (TPSA) is 38.5 Å². The Bertz CT molecular complexity index is 415. The normalized spacial score (nSPS) is 19.4. The van der Waals surface area contributed by atoms with Crippen LogP contribution in [0.2, 0.25) is 0 Å². The molecule has 1 saturated heterocycles. The highest BCUT2D eigenvalue weighted by atomic mass is 79.9. The maximum absolute atomic E-state index is 5.98. The molecule has 1 atom stereocenters. The van der Waals surface area contributed by atoms with Gasteiger partial charge in [0.05, 0.1) is 11.6 Å². The van der Waals surface area contributed by atoms with Crippen molar-refractivity contribution in [2.75, 3.05) is 20.2 Å². The molecular weight excluding hydrogens is 304 g/mol. The molecule has 2 N–H and O–H groups in total. The molecule has 4 heteroatoms. The predicted octanol–water partition coefficient (Wildman–Crippen LogP) is 3.02. The highest BCUT2D eigenvalue weighted by Gasteiger charge is 2.21. The molecule has 1 aliphatic heterocycles. The van der Waals surface area contributed by atoms with Crippen molar-refractivity contribution >= 4 is 15.9 Å². The third-order valence-electron chi connectivity index (χ3n) is 4.00. The van der Waals surface area contributed by atoms with Crippen molar-refractivity contribution in [1.29, 1.82) is 0 Å². The molecule has 0 aliphatic carbocycles. The van der Waals surface area contributed by atoms with E-state index in [1.54, 1.807) is 7.11 Å². The fraction of sp³-hybridized carbons (Fsp3) is 0.600. The van der Waals surface area contributed by atoms with Gasteiger partial charge in [-0.3, -0.25) is 4.90 Å². The number of likely N-dealkylation sites (tertiary alicyclic amines) is 1. The highest BCUT2D eigenvalue weighted by Crippen LogP contribution is 2.27. The van der Waals surface area contributed by atoms with Gasteiger partial charge in [-0.05, 0) is 72.4 Å². The molecule has 1 aromatic carbocycles. The Kier molecular flexibility index (Phi) is 5.25. The third kappa shape index (κ3) is 3.94. The molecular formula is C15H23BrN2O. The van der Waals surface area contributed by atoms with Crippen molar-refractivity contribution in [1.82, 2.24) is 4.90 Å². The molecule has 1 heterocycles. The Labute approximate surface area is 124 Å². The Morgan fingerprint density at radius 1 is 1.42 bits per heavy atom. The SMILES string of the molecule is COc1ccc(CN2CCC(C(C)N)CC2)cc1Br. The van der Waals surface area contributed by atoms with E-state index in [1.165, 1.54) is 18.4 Å². The van der Waals surface area contributed by atoms with Crippen LogP contribution in [0.15, 0.2) is 22.7 Å². The van der Waals surface area contributed by atoms with Crippen molar-refractivity contribution < 1.29 is 4.74 Å². The Balaban J connectivity index is 1.90. The molecule has 106 valence electrons. The number of rotatable bonds is 4. The summed E-state index contributed by atoms with van der Waals surface area (Å²) in [4.78, 5) is 2.51. The fourth-order valence-electron chi connectivity index (χ4n) is 2.70. The van der Waals surface area contributed by atoms with Gasteiger partial charge in [0, 0.05) is 12.6 Å². The number of nitrogens with two attached hydrogens (primary N) is 1. The van der Waals surface area contributed by atoms with Crippen LogP contribution in [0.4, 0.5) is 0 Å². The smallest absolute Gasteiger partial charge is 0.133 e. The molecule has 1 aliphatic rings. The molecule has 3 nitrogen and oxygen atoms in total. The Morgan fingerprint density at radius 3 is 2.63 bits per heavy atom. The first kappa shape index (κ1) is 14.8. The van der Waals surface area contributed by atoms with E-state index in [0.717, 1.165) is 29.9 Å². The van der Waals surface area contributed by atoms with Crippen molar-refractivity contribution in [2.24, 2.45) is 11.7 Å². The van der Waals surface area contributed by atoms with Crippen LogP contribution in [0.25, 0.3) is 0 Å². The van der Waals surface area contributed by atoms with E-state index in [-0.39, 0.29) is 0 Å². The lowest BCUT2D eigenvalue weighted by Gasteiger charge is -2.33. The quantitative estimate of drug-likeness (QED) is 0.924. The maximum atomic E-state index is 5.98. The third-order valence-corrected chi connectivity index (χ3v) is 4.62. The lowest BCUT2D eigenvalue weighted by atomic mass is 9.91. The lowest BCUT2D eigenvalue weighted by Crippen LogP contribution is -2.39. The summed E-state index contributed by atoms with van der Waals surface area (Å²) in [5.74, 6) is 1.58. The summed E-state index contributed by atoms with van der Waals surface area (Å²) in [6.07, 6.45) is 2.43. The van der Waals surface area contributed by atoms with Gasteiger partial charge in [-0.1, -0.05) is 6.07 Å². The number of piperidine rings is 1. The summed E-state index contributed by atoms with van der Waals surface area (Å²) < 4.78 is 6.28. The zero-order valence-electron chi connectivity index (χ0n) is 11.7. The van der Waals surface area contributed by atoms with Crippen molar-refractivity contribution in [2.45, 2.75) is 32.4 Å². The number of halogens is 1. The zero-order chi connectivity index (χ0) is 13.8. The number of methoxy groups -OCH3 is 1. The van der Waals surface area contributed by atoms with Crippen molar-refractivity contribution in [3.8, 4) is 5.75 Å². The minimum atomic E-state index is 0.331. The van der Waals surface area contributed by atoms with Gasteiger partial charge in [0.1, 0.15) is 5.75 Å². The zero-order valence-corrected chi connectivity index (χ0v) is 13.3. The summed E-state index contributed by atoms with van der Waals surface area (Å²) >= 11 is 3.54. The second-order valence-electron chi connectivity index (χ2n) is 5.44. The van der Waals surface area contributed by atoms with E-state index in [2.05, 4.69) is 39.9 Å². The predicted molar refractivity (Wildman–Crippen MR) is 82.3 cm³/mol. The van der Waals surface area contributed by atoms with Crippen LogP contribution < -0.4 is 10.5 Å². The van der Waals surface area contributed by atoms with E-state index in [9.17, 15) is 0 Å². The molecule has 1 unspecified atom stereocenters. The molecule has 2 rings (SSSR count).